The summed E-state index contributed by atoms with van der Waals surface area (Å²) < 4.78 is 1.92. The number of non-ortho nitro benzene ring substituents is 1. The molecule has 3 aromatic rings. The van der Waals surface area contributed by atoms with Gasteiger partial charge < -0.3 is 9.80 Å². The third kappa shape index (κ3) is 4.34. The second kappa shape index (κ2) is 8.70. The number of fused-ring (bicyclic) bond motifs is 1. The number of pyridine rings is 1. The molecule has 1 aliphatic rings. The highest BCUT2D eigenvalue weighted by molar-refractivity contribution is 6.06. The minimum Gasteiger partial charge on any atom is -0.368 e. The molecule has 1 fully saturated rings. The van der Waals surface area contributed by atoms with E-state index >= 15 is 0 Å². The number of nitrogens with zero attached hydrogens (tertiary/aromatic N) is 6. The van der Waals surface area contributed by atoms with E-state index in [-0.39, 0.29) is 23.1 Å². The van der Waals surface area contributed by atoms with E-state index in [2.05, 4.69) is 39.5 Å². The molecule has 0 unspecified atom stereocenters. The van der Waals surface area contributed by atoms with Crippen LogP contribution in [0.5, 0.6) is 0 Å². The second-order valence-corrected chi connectivity index (χ2v) is 10.2. The fourth-order valence-electron chi connectivity index (χ4n) is 4.36. The summed E-state index contributed by atoms with van der Waals surface area (Å²) in [6.07, 6.45) is 0. The molecule has 1 aromatic carbocycles. The number of aromatic nitrogens is 3. The number of nitro groups is 1. The van der Waals surface area contributed by atoms with Crippen molar-refractivity contribution in [3.8, 4) is 0 Å². The largest absolute Gasteiger partial charge is 0.368 e. The molecule has 0 atom stereocenters. The van der Waals surface area contributed by atoms with Crippen molar-refractivity contribution in [3.05, 3.63) is 57.4 Å². The zero-order valence-electron chi connectivity index (χ0n) is 20.7. The van der Waals surface area contributed by atoms with Gasteiger partial charge in [-0.3, -0.25) is 14.9 Å². The normalized spacial score (nSPS) is 14.8. The molecule has 0 bridgehead atoms. The van der Waals surface area contributed by atoms with Crippen LogP contribution < -0.4 is 4.90 Å². The average Bonchev–Trinajstić information content (AvgIpc) is 3.15. The number of carbonyl (C=O) groups is 1. The van der Waals surface area contributed by atoms with E-state index in [1.54, 1.807) is 12.1 Å². The van der Waals surface area contributed by atoms with Crippen molar-refractivity contribution in [3.63, 3.8) is 0 Å². The molecule has 2 aromatic heterocycles. The number of rotatable bonds is 4. The highest BCUT2D eigenvalue weighted by Gasteiger charge is 2.29. The topological polar surface area (TPSA) is 97.4 Å². The Morgan fingerprint density at radius 3 is 2.24 bits per heavy atom. The predicted octanol–water partition coefficient (Wildman–Crippen LogP) is 4.49. The van der Waals surface area contributed by atoms with Crippen LogP contribution in [0.2, 0.25) is 0 Å². The van der Waals surface area contributed by atoms with Crippen molar-refractivity contribution >= 4 is 28.3 Å². The molecule has 1 amide bonds. The van der Waals surface area contributed by atoms with Crippen molar-refractivity contribution < 1.29 is 9.72 Å². The molecule has 4 rings (SSSR count). The Labute approximate surface area is 199 Å². The summed E-state index contributed by atoms with van der Waals surface area (Å²) in [6, 6.07) is 8.50. The molecule has 9 nitrogen and oxygen atoms in total. The number of benzene rings is 1. The van der Waals surface area contributed by atoms with Gasteiger partial charge >= 0.3 is 0 Å². The van der Waals surface area contributed by atoms with Crippen LogP contribution in [0.15, 0.2) is 30.3 Å². The number of carbonyl (C=O) groups excluding carboxylic acids is 1. The summed E-state index contributed by atoms with van der Waals surface area (Å²) in [5.74, 6) is 0.174. The molecule has 34 heavy (non-hydrogen) atoms. The molecular formula is C25H32N6O3. The van der Waals surface area contributed by atoms with Crippen molar-refractivity contribution in [1.82, 2.24) is 19.7 Å². The predicted molar refractivity (Wildman–Crippen MR) is 133 cm³/mol. The second-order valence-electron chi connectivity index (χ2n) is 10.2. The summed E-state index contributed by atoms with van der Waals surface area (Å²) in [7, 11) is 0. The van der Waals surface area contributed by atoms with E-state index in [1.165, 1.54) is 12.1 Å². The van der Waals surface area contributed by atoms with E-state index in [4.69, 9.17) is 10.1 Å². The van der Waals surface area contributed by atoms with Crippen LogP contribution in [0, 0.1) is 17.0 Å². The number of nitro benzene ring substituents is 1. The smallest absolute Gasteiger partial charge is 0.269 e. The lowest BCUT2D eigenvalue weighted by Crippen LogP contribution is -2.48. The van der Waals surface area contributed by atoms with Gasteiger partial charge in [-0.15, -0.1) is 0 Å². The van der Waals surface area contributed by atoms with Gasteiger partial charge in [-0.2, -0.15) is 5.10 Å². The first-order valence-electron chi connectivity index (χ1n) is 11.7. The van der Waals surface area contributed by atoms with Crippen LogP contribution >= 0.6 is 0 Å². The highest BCUT2D eigenvalue weighted by atomic mass is 16.6. The lowest BCUT2D eigenvalue weighted by molar-refractivity contribution is -0.384. The van der Waals surface area contributed by atoms with Gasteiger partial charge in [0.05, 0.1) is 27.1 Å². The molecule has 1 aliphatic heterocycles. The summed E-state index contributed by atoms with van der Waals surface area (Å²) in [4.78, 5) is 33.2. The van der Waals surface area contributed by atoms with Crippen LogP contribution in [0.4, 0.5) is 11.4 Å². The van der Waals surface area contributed by atoms with Gasteiger partial charge in [0.2, 0.25) is 0 Å². The average molecular weight is 465 g/mol. The highest BCUT2D eigenvalue weighted by Crippen LogP contribution is 2.30. The van der Waals surface area contributed by atoms with Crippen LogP contribution in [-0.2, 0) is 5.54 Å². The standard InChI is InChI=1S/C25H32N6O3/c1-16(2)21-15-20(22-17(3)27-30(23(22)26-21)25(4,5)6)24(32)29-13-11-28(12-14-29)18-7-9-19(10-8-18)31(33)34/h7-10,15-16H,11-14H2,1-6H3. The summed E-state index contributed by atoms with van der Waals surface area (Å²) in [6.45, 7) is 14.8. The molecule has 9 heteroatoms. The lowest BCUT2D eigenvalue weighted by atomic mass is 10.0. The minimum atomic E-state index is -0.398. The maximum atomic E-state index is 13.7. The first-order chi connectivity index (χ1) is 16.0. The van der Waals surface area contributed by atoms with Gasteiger partial charge in [0.25, 0.3) is 11.6 Å². The number of amides is 1. The third-order valence-electron chi connectivity index (χ3n) is 6.28. The number of anilines is 1. The van der Waals surface area contributed by atoms with Crippen LogP contribution in [0.25, 0.3) is 11.0 Å². The molecule has 1 saturated heterocycles. The molecule has 0 aliphatic carbocycles. The van der Waals surface area contributed by atoms with E-state index < -0.39 is 4.92 Å². The number of aryl methyl sites for hydroxylation is 1. The van der Waals surface area contributed by atoms with Gasteiger partial charge in [-0.25, -0.2) is 9.67 Å². The number of piperazine rings is 1. The van der Waals surface area contributed by atoms with Gasteiger partial charge in [0.1, 0.15) is 0 Å². The van der Waals surface area contributed by atoms with E-state index in [0.29, 0.717) is 31.7 Å². The van der Waals surface area contributed by atoms with E-state index in [1.807, 2.05) is 22.6 Å². The minimum absolute atomic E-state index is 0.00536. The first-order valence-corrected chi connectivity index (χ1v) is 11.7. The van der Waals surface area contributed by atoms with Crippen molar-refractivity contribution in [2.45, 2.75) is 53.0 Å². The van der Waals surface area contributed by atoms with Crippen molar-refractivity contribution in [2.75, 3.05) is 31.1 Å². The molecular weight excluding hydrogens is 432 g/mol. The monoisotopic (exact) mass is 464 g/mol. The SMILES string of the molecule is Cc1nn(C(C)(C)C)c2nc(C(C)C)cc(C(=O)N3CCN(c4ccc([N+](=O)[O-])cc4)CC3)c12. The Morgan fingerprint density at radius 1 is 1.09 bits per heavy atom. The summed E-state index contributed by atoms with van der Waals surface area (Å²) >= 11 is 0. The maximum Gasteiger partial charge on any atom is 0.269 e. The first kappa shape index (κ1) is 23.7. The lowest BCUT2D eigenvalue weighted by Gasteiger charge is -2.36. The van der Waals surface area contributed by atoms with Crippen molar-refractivity contribution in [1.29, 1.82) is 0 Å². The zero-order valence-corrected chi connectivity index (χ0v) is 20.7. The van der Waals surface area contributed by atoms with Crippen LogP contribution in [-0.4, -0.2) is 56.7 Å². The van der Waals surface area contributed by atoms with Crippen LogP contribution in [0.3, 0.4) is 0 Å². The number of hydrogen-bond donors (Lipinski definition) is 0. The molecule has 180 valence electrons. The Kier molecular flexibility index (Phi) is 6.05. The molecule has 0 radical (unpaired) electrons. The number of hydrogen-bond acceptors (Lipinski definition) is 6. The fraction of sp³-hybridized carbons (Fsp3) is 0.480. The summed E-state index contributed by atoms with van der Waals surface area (Å²) in [5.41, 5.74) is 3.84. The fourth-order valence-corrected chi connectivity index (χ4v) is 4.36. The zero-order chi connectivity index (χ0) is 24.8. The molecule has 0 spiro atoms. The summed E-state index contributed by atoms with van der Waals surface area (Å²) in [5, 5.41) is 16.5. The quantitative estimate of drug-likeness (QED) is 0.417. The Balaban J connectivity index is 1.62. The van der Waals surface area contributed by atoms with Crippen LogP contribution in [0.1, 0.15) is 62.3 Å². The Morgan fingerprint density at radius 2 is 1.71 bits per heavy atom. The van der Waals surface area contributed by atoms with E-state index in [0.717, 1.165) is 28.1 Å². The Hall–Kier alpha value is -3.49. The Bertz CT molecular complexity index is 1230. The molecule has 0 N–H and O–H groups in total. The third-order valence-corrected chi connectivity index (χ3v) is 6.28. The van der Waals surface area contributed by atoms with Gasteiger partial charge in [-0.1, -0.05) is 13.8 Å². The molecule has 3 heterocycles. The van der Waals surface area contributed by atoms with Crippen molar-refractivity contribution in [2.24, 2.45) is 0 Å². The van der Waals surface area contributed by atoms with Gasteiger partial charge in [-0.05, 0) is 51.8 Å². The maximum absolute atomic E-state index is 13.7. The molecule has 0 saturated carbocycles. The van der Waals surface area contributed by atoms with E-state index in [9.17, 15) is 14.9 Å². The van der Waals surface area contributed by atoms with Gasteiger partial charge in [0, 0.05) is 49.7 Å². The van der Waals surface area contributed by atoms with Gasteiger partial charge in [0.15, 0.2) is 5.65 Å².